The summed E-state index contributed by atoms with van der Waals surface area (Å²) in [5.74, 6) is 2.61. The van der Waals surface area contributed by atoms with Gasteiger partial charge in [0.05, 0.1) is 0 Å². The first-order valence-corrected chi connectivity index (χ1v) is 7.10. The first kappa shape index (κ1) is 13.5. The summed E-state index contributed by atoms with van der Waals surface area (Å²) in [7, 11) is 0. The SMILES string of the molecule is CCC(C)c1noc(C(C)(C)C2CCCNC2)n1. The quantitative estimate of drug-likeness (QED) is 0.894. The maximum Gasteiger partial charge on any atom is 0.232 e. The van der Waals surface area contributed by atoms with Gasteiger partial charge in [0.25, 0.3) is 0 Å². The van der Waals surface area contributed by atoms with Crippen LogP contribution in [0.15, 0.2) is 4.52 Å². The second-order valence-corrected chi connectivity index (χ2v) is 6.03. The molecule has 0 spiro atoms. The first-order valence-electron chi connectivity index (χ1n) is 7.10. The van der Waals surface area contributed by atoms with Crippen molar-refractivity contribution in [3.05, 3.63) is 11.7 Å². The molecule has 1 aliphatic rings. The third-order valence-corrected chi connectivity index (χ3v) is 4.36. The predicted octanol–water partition coefficient (Wildman–Crippen LogP) is 2.86. The number of hydrogen-bond donors (Lipinski definition) is 1. The van der Waals surface area contributed by atoms with E-state index in [1.165, 1.54) is 12.8 Å². The van der Waals surface area contributed by atoms with Crippen LogP contribution in [0.5, 0.6) is 0 Å². The normalized spacial score (nSPS) is 23.0. The molecule has 1 aromatic heterocycles. The Hall–Kier alpha value is -0.900. The highest BCUT2D eigenvalue weighted by atomic mass is 16.5. The van der Waals surface area contributed by atoms with E-state index in [0.29, 0.717) is 11.8 Å². The van der Waals surface area contributed by atoms with Crippen LogP contribution >= 0.6 is 0 Å². The van der Waals surface area contributed by atoms with Gasteiger partial charge in [0, 0.05) is 11.3 Å². The molecular weight excluding hydrogens is 226 g/mol. The van der Waals surface area contributed by atoms with Crippen LogP contribution < -0.4 is 5.32 Å². The lowest BCUT2D eigenvalue weighted by Crippen LogP contribution is -2.41. The molecule has 2 atom stereocenters. The van der Waals surface area contributed by atoms with Crippen molar-refractivity contribution in [2.45, 2.75) is 58.3 Å². The molecule has 4 heteroatoms. The minimum atomic E-state index is -0.0356. The van der Waals surface area contributed by atoms with E-state index in [1.807, 2.05) is 0 Å². The zero-order valence-corrected chi connectivity index (χ0v) is 12.0. The van der Waals surface area contributed by atoms with Gasteiger partial charge >= 0.3 is 0 Å². The first-order chi connectivity index (χ1) is 8.55. The molecule has 1 fully saturated rings. The lowest BCUT2D eigenvalue weighted by Gasteiger charge is -2.34. The van der Waals surface area contributed by atoms with E-state index in [2.05, 4.69) is 43.2 Å². The number of hydrogen-bond acceptors (Lipinski definition) is 4. The van der Waals surface area contributed by atoms with Crippen molar-refractivity contribution in [2.75, 3.05) is 13.1 Å². The summed E-state index contributed by atoms with van der Waals surface area (Å²) in [6.45, 7) is 10.9. The second-order valence-electron chi connectivity index (χ2n) is 6.03. The van der Waals surface area contributed by atoms with Gasteiger partial charge in [0.15, 0.2) is 5.82 Å². The van der Waals surface area contributed by atoms with Crippen molar-refractivity contribution in [3.63, 3.8) is 0 Å². The lowest BCUT2D eigenvalue weighted by atomic mass is 9.75. The van der Waals surface area contributed by atoms with Crippen LogP contribution in [0.1, 0.15) is 64.6 Å². The number of rotatable bonds is 4. The number of nitrogens with one attached hydrogen (secondary N) is 1. The van der Waals surface area contributed by atoms with Gasteiger partial charge in [0.1, 0.15) is 0 Å². The molecule has 2 heterocycles. The van der Waals surface area contributed by atoms with E-state index >= 15 is 0 Å². The second kappa shape index (κ2) is 5.39. The van der Waals surface area contributed by atoms with Gasteiger partial charge in [-0.1, -0.05) is 32.9 Å². The average molecular weight is 251 g/mol. The van der Waals surface area contributed by atoms with Crippen molar-refractivity contribution in [1.82, 2.24) is 15.5 Å². The van der Waals surface area contributed by atoms with E-state index in [9.17, 15) is 0 Å². The predicted molar refractivity (Wildman–Crippen MR) is 71.6 cm³/mol. The minimum Gasteiger partial charge on any atom is -0.339 e. The highest BCUT2D eigenvalue weighted by Gasteiger charge is 2.37. The molecule has 1 N–H and O–H groups in total. The zero-order chi connectivity index (χ0) is 13.2. The fourth-order valence-electron chi connectivity index (χ4n) is 2.52. The molecule has 4 nitrogen and oxygen atoms in total. The molecule has 0 saturated carbocycles. The van der Waals surface area contributed by atoms with E-state index in [4.69, 9.17) is 4.52 Å². The van der Waals surface area contributed by atoms with E-state index in [0.717, 1.165) is 31.2 Å². The van der Waals surface area contributed by atoms with Crippen LogP contribution in [-0.2, 0) is 5.41 Å². The third kappa shape index (κ3) is 2.58. The highest BCUT2D eigenvalue weighted by molar-refractivity contribution is 5.06. The Bertz CT molecular complexity index is 380. The Morgan fingerprint density at radius 1 is 1.50 bits per heavy atom. The number of piperidine rings is 1. The lowest BCUT2D eigenvalue weighted by molar-refractivity contribution is 0.196. The highest BCUT2D eigenvalue weighted by Crippen LogP contribution is 2.35. The summed E-state index contributed by atoms with van der Waals surface area (Å²) in [5.41, 5.74) is -0.0356. The van der Waals surface area contributed by atoms with Crippen molar-refractivity contribution in [1.29, 1.82) is 0 Å². The summed E-state index contributed by atoms with van der Waals surface area (Å²) in [6.07, 6.45) is 3.52. The molecule has 1 saturated heterocycles. The Morgan fingerprint density at radius 2 is 2.28 bits per heavy atom. The van der Waals surface area contributed by atoms with Crippen molar-refractivity contribution in [2.24, 2.45) is 5.92 Å². The number of nitrogens with zero attached hydrogens (tertiary/aromatic N) is 2. The minimum absolute atomic E-state index is 0.0356. The number of aromatic nitrogens is 2. The Balaban J connectivity index is 2.15. The summed E-state index contributed by atoms with van der Waals surface area (Å²) >= 11 is 0. The molecule has 0 amide bonds. The summed E-state index contributed by atoms with van der Waals surface area (Å²) in [6, 6.07) is 0. The molecule has 0 radical (unpaired) electrons. The fraction of sp³-hybridized carbons (Fsp3) is 0.857. The van der Waals surface area contributed by atoms with Crippen LogP contribution in [0.4, 0.5) is 0 Å². The molecule has 18 heavy (non-hydrogen) atoms. The van der Waals surface area contributed by atoms with Gasteiger partial charge in [-0.25, -0.2) is 0 Å². The molecule has 0 bridgehead atoms. The smallest absolute Gasteiger partial charge is 0.232 e. The molecule has 1 aromatic rings. The van der Waals surface area contributed by atoms with Crippen molar-refractivity contribution >= 4 is 0 Å². The maximum atomic E-state index is 5.52. The molecule has 0 aliphatic carbocycles. The summed E-state index contributed by atoms with van der Waals surface area (Å²) in [5, 5.41) is 7.60. The van der Waals surface area contributed by atoms with E-state index in [1.54, 1.807) is 0 Å². The zero-order valence-electron chi connectivity index (χ0n) is 12.0. The molecule has 1 aliphatic heterocycles. The maximum absolute atomic E-state index is 5.52. The van der Waals surface area contributed by atoms with Gasteiger partial charge in [-0.3, -0.25) is 0 Å². The molecular formula is C14H25N3O. The van der Waals surface area contributed by atoms with Crippen LogP contribution in [0, 0.1) is 5.92 Å². The van der Waals surface area contributed by atoms with Crippen molar-refractivity contribution in [3.8, 4) is 0 Å². The monoisotopic (exact) mass is 251 g/mol. The average Bonchev–Trinajstić information content (AvgIpc) is 2.89. The summed E-state index contributed by atoms with van der Waals surface area (Å²) < 4.78 is 5.52. The van der Waals surface area contributed by atoms with Crippen LogP contribution in [-0.4, -0.2) is 23.2 Å². The molecule has 0 aromatic carbocycles. The van der Waals surface area contributed by atoms with Crippen LogP contribution in [0.3, 0.4) is 0 Å². The van der Waals surface area contributed by atoms with Crippen LogP contribution in [0.2, 0.25) is 0 Å². The van der Waals surface area contributed by atoms with Gasteiger partial charge < -0.3 is 9.84 Å². The molecule has 2 rings (SSSR count). The topological polar surface area (TPSA) is 51.0 Å². The van der Waals surface area contributed by atoms with Crippen LogP contribution in [0.25, 0.3) is 0 Å². The Morgan fingerprint density at radius 3 is 2.89 bits per heavy atom. The largest absolute Gasteiger partial charge is 0.339 e. The third-order valence-electron chi connectivity index (χ3n) is 4.36. The van der Waals surface area contributed by atoms with Gasteiger partial charge in [-0.2, -0.15) is 4.98 Å². The summed E-state index contributed by atoms with van der Waals surface area (Å²) in [4.78, 5) is 4.62. The standard InChI is InChI=1S/C14H25N3O/c1-5-10(2)12-16-13(18-17-12)14(3,4)11-7-6-8-15-9-11/h10-11,15H,5-9H2,1-4H3. The molecule has 2 unspecified atom stereocenters. The van der Waals surface area contributed by atoms with E-state index < -0.39 is 0 Å². The van der Waals surface area contributed by atoms with Gasteiger partial charge in [-0.05, 0) is 38.3 Å². The molecule has 102 valence electrons. The fourth-order valence-corrected chi connectivity index (χ4v) is 2.52. The van der Waals surface area contributed by atoms with Crippen molar-refractivity contribution < 1.29 is 4.52 Å². The Labute approximate surface area is 110 Å². The van der Waals surface area contributed by atoms with Gasteiger partial charge in [0.2, 0.25) is 5.89 Å². The Kier molecular flexibility index (Phi) is 4.05. The van der Waals surface area contributed by atoms with E-state index in [-0.39, 0.29) is 5.41 Å². The van der Waals surface area contributed by atoms with Gasteiger partial charge in [-0.15, -0.1) is 0 Å².